The third kappa shape index (κ3) is 3.03. The Morgan fingerprint density at radius 2 is 1.60 bits per heavy atom. The van der Waals surface area contributed by atoms with Crippen LogP contribution in [0.4, 0.5) is 0 Å². The Kier molecular flexibility index (Phi) is 4.34. The van der Waals surface area contributed by atoms with E-state index in [1.807, 2.05) is 0 Å². The highest BCUT2D eigenvalue weighted by atomic mass is 16.2. The lowest BCUT2D eigenvalue weighted by Gasteiger charge is -2.44. The quantitative estimate of drug-likeness (QED) is 0.800. The largest absolute Gasteiger partial charge is 0.342 e. The van der Waals surface area contributed by atoms with Gasteiger partial charge in [0.1, 0.15) is 0 Å². The van der Waals surface area contributed by atoms with E-state index < -0.39 is 0 Å². The number of nitrogens with zero attached hydrogens (tertiary/aromatic N) is 1. The first-order chi connectivity index (χ1) is 9.69. The number of hydrogen-bond acceptors (Lipinski definition) is 2. The number of piperidine rings is 2. The van der Waals surface area contributed by atoms with Gasteiger partial charge in [-0.25, -0.2) is 0 Å². The molecule has 1 N–H and O–H groups in total. The van der Waals surface area contributed by atoms with Crippen LogP contribution in [0.5, 0.6) is 0 Å². The topological polar surface area (TPSA) is 32.3 Å². The van der Waals surface area contributed by atoms with E-state index >= 15 is 0 Å². The highest BCUT2D eigenvalue weighted by Gasteiger charge is 2.39. The molecule has 1 spiro atoms. The molecule has 0 atom stereocenters. The maximum atomic E-state index is 12.6. The van der Waals surface area contributed by atoms with Crippen molar-refractivity contribution < 1.29 is 4.79 Å². The Balaban J connectivity index is 1.51. The molecule has 2 heterocycles. The van der Waals surface area contributed by atoms with Crippen molar-refractivity contribution in [1.29, 1.82) is 0 Å². The van der Waals surface area contributed by atoms with Gasteiger partial charge in [0.15, 0.2) is 0 Å². The van der Waals surface area contributed by atoms with Gasteiger partial charge >= 0.3 is 0 Å². The monoisotopic (exact) mass is 278 g/mol. The third-order valence-electron chi connectivity index (χ3n) is 6.16. The Morgan fingerprint density at radius 1 is 1.00 bits per heavy atom. The van der Waals surface area contributed by atoms with Gasteiger partial charge in [-0.05, 0) is 75.8 Å². The summed E-state index contributed by atoms with van der Waals surface area (Å²) < 4.78 is 0. The van der Waals surface area contributed by atoms with Crippen molar-refractivity contribution in [3.8, 4) is 0 Å². The molecule has 3 heteroatoms. The second kappa shape index (κ2) is 6.05. The first kappa shape index (κ1) is 14.4. The summed E-state index contributed by atoms with van der Waals surface area (Å²) in [6, 6.07) is 0. The predicted molar refractivity (Wildman–Crippen MR) is 81.5 cm³/mol. The van der Waals surface area contributed by atoms with Crippen LogP contribution in [0.2, 0.25) is 0 Å². The molecule has 3 aliphatic rings. The van der Waals surface area contributed by atoms with Crippen LogP contribution in [-0.4, -0.2) is 37.0 Å². The van der Waals surface area contributed by atoms with Crippen LogP contribution >= 0.6 is 0 Å². The Labute approximate surface area is 123 Å². The van der Waals surface area contributed by atoms with Crippen LogP contribution in [0.3, 0.4) is 0 Å². The van der Waals surface area contributed by atoms with Gasteiger partial charge in [-0.15, -0.1) is 0 Å². The zero-order valence-corrected chi connectivity index (χ0v) is 13.0. The molecule has 0 unspecified atom stereocenters. The highest BCUT2D eigenvalue weighted by molar-refractivity contribution is 5.79. The molecule has 2 aliphatic heterocycles. The summed E-state index contributed by atoms with van der Waals surface area (Å²) in [6.45, 7) is 6.69. The van der Waals surface area contributed by atoms with Crippen LogP contribution in [0.15, 0.2) is 0 Å². The number of carbonyl (C=O) groups is 1. The summed E-state index contributed by atoms with van der Waals surface area (Å²) in [4.78, 5) is 14.8. The maximum absolute atomic E-state index is 12.6. The van der Waals surface area contributed by atoms with E-state index in [0.29, 0.717) is 17.2 Å². The summed E-state index contributed by atoms with van der Waals surface area (Å²) in [5.41, 5.74) is 0.582. The van der Waals surface area contributed by atoms with Crippen molar-refractivity contribution in [1.82, 2.24) is 10.2 Å². The summed E-state index contributed by atoms with van der Waals surface area (Å²) >= 11 is 0. The Hall–Kier alpha value is -0.570. The minimum absolute atomic E-state index is 0.337. The fraction of sp³-hybridized carbons (Fsp3) is 0.941. The molecular formula is C17H30N2O. The number of hydrogen-bond donors (Lipinski definition) is 1. The maximum Gasteiger partial charge on any atom is 0.225 e. The number of amides is 1. The first-order valence-electron chi connectivity index (χ1n) is 8.68. The minimum Gasteiger partial charge on any atom is -0.342 e. The third-order valence-corrected chi connectivity index (χ3v) is 6.16. The van der Waals surface area contributed by atoms with Gasteiger partial charge < -0.3 is 10.2 Å². The van der Waals surface area contributed by atoms with E-state index in [2.05, 4.69) is 17.1 Å². The van der Waals surface area contributed by atoms with E-state index in [-0.39, 0.29) is 0 Å². The lowest BCUT2D eigenvalue weighted by molar-refractivity contribution is -0.139. The van der Waals surface area contributed by atoms with Crippen LogP contribution in [-0.2, 0) is 4.79 Å². The molecule has 1 amide bonds. The van der Waals surface area contributed by atoms with E-state index in [1.165, 1.54) is 51.6 Å². The summed E-state index contributed by atoms with van der Waals surface area (Å²) in [5, 5.41) is 3.47. The second-order valence-corrected chi connectivity index (χ2v) is 7.53. The second-order valence-electron chi connectivity index (χ2n) is 7.53. The summed E-state index contributed by atoms with van der Waals surface area (Å²) in [7, 11) is 0. The van der Waals surface area contributed by atoms with Crippen molar-refractivity contribution >= 4 is 5.91 Å². The smallest absolute Gasteiger partial charge is 0.225 e. The van der Waals surface area contributed by atoms with E-state index in [0.717, 1.165) is 31.8 Å². The van der Waals surface area contributed by atoms with Gasteiger partial charge in [0.05, 0.1) is 0 Å². The molecule has 3 fully saturated rings. The van der Waals surface area contributed by atoms with Crippen molar-refractivity contribution in [3.63, 3.8) is 0 Å². The molecule has 0 bridgehead atoms. The molecule has 0 aromatic heterocycles. The normalized spacial score (nSPS) is 28.8. The number of rotatable bonds is 1. The molecule has 1 saturated carbocycles. The molecule has 3 rings (SSSR count). The van der Waals surface area contributed by atoms with Gasteiger partial charge in [-0.3, -0.25) is 4.79 Å². The molecule has 0 aromatic rings. The van der Waals surface area contributed by atoms with Crippen molar-refractivity contribution in [3.05, 3.63) is 0 Å². The van der Waals surface area contributed by atoms with Gasteiger partial charge in [0.2, 0.25) is 5.91 Å². The SMILES string of the molecule is CC1CCN(C(=O)C2CCC3(CCNCC3)CC2)CC1. The lowest BCUT2D eigenvalue weighted by Crippen LogP contribution is -2.45. The predicted octanol–water partition coefficient (Wildman–Crippen LogP) is 2.80. The Morgan fingerprint density at radius 3 is 2.20 bits per heavy atom. The first-order valence-corrected chi connectivity index (χ1v) is 8.68. The van der Waals surface area contributed by atoms with E-state index in [9.17, 15) is 4.79 Å². The van der Waals surface area contributed by atoms with Crippen LogP contribution < -0.4 is 5.32 Å². The summed E-state index contributed by atoms with van der Waals surface area (Å²) in [6.07, 6.45) is 9.92. The molecule has 2 saturated heterocycles. The summed E-state index contributed by atoms with van der Waals surface area (Å²) in [5.74, 6) is 1.62. The van der Waals surface area contributed by atoms with Crippen molar-refractivity contribution in [2.45, 2.75) is 58.3 Å². The molecule has 3 nitrogen and oxygen atoms in total. The van der Waals surface area contributed by atoms with Crippen molar-refractivity contribution in [2.24, 2.45) is 17.3 Å². The van der Waals surface area contributed by atoms with E-state index in [4.69, 9.17) is 0 Å². The zero-order chi connectivity index (χ0) is 14.0. The number of likely N-dealkylation sites (tertiary alicyclic amines) is 1. The zero-order valence-electron chi connectivity index (χ0n) is 13.0. The number of carbonyl (C=O) groups excluding carboxylic acids is 1. The number of nitrogens with one attached hydrogen (secondary N) is 1. The molecule has 20 heavy (non-hydrogen) atoms. The molecule has 0 aromatic carbocycles. The average molecular weight is 278 g/mol. The Bertz CT molecular complexity index is 331. The van der Waals surface area contributed by atoms with Gasteiger partial charge in [-0.1, -0.05) is 6.92 Å². The molecule has 0 radical (unpaired) electrons. The fourth-order valence-electron chi connectivity index (χ4n) is 4.42. The lowest BCUT2D eigenvalue weighted by atomic mass is 9.65. The highest BCUT2D eigenvalue weighted by Crippen LogP contribution is 2.45. The molecule has 114 valence electrons. The van der Waals surface area contributed by atoms with Crippen molar-refractivity contribution in [2.75, 3.05) is 26.2 Å². The van der Waals surface area contributed by atoms with Gasteiger partial charge in [0, 0.05) is 19.0 Å². The van der Waals surface area contributed by atoms with Gasteiger partial charge in [-0.2, -0.15) is 0 Å². The van der Waals surface area contributed by atoms with E-state index in [1.54, 1.807) is 0 Å². The van der Waals surface area contributed by atoms with Crippen LogP contribution in [0, 0.1) is 17.3 Å². The minimum atomic E-state index is 0.337. The average Bonchev–Trinajstić information content (AvgIpc) is 2.49. The molecular weight excluding hydrogens is 248 g/mol. The molecule has 1 aliphatic carbocycles. The fourth-order valence-corrected chi connectivity index (χ4v) is 4.42. The van der Waals surface area contributed by atoms with Crippen LogP contribution in [0.25, 0.3) is 0 Å². The van der Waals surface area contributed by atoms with Gasteiger partial charge in [0.25, 0.3) is 0 Å². The van der Waals surface area contributed by atoms with Crippen LogP contribution in [0.1, 0.15) is 58.3 Å². The standard InChI is InChI=1S/C17H30N2O/c1-14-4-12-19(13-5-14)16(20)15-2-6-17(7-3-15)8-10-18-11-9-17/h14-15,18H,2-13H2,1H3.